The second-order valence-corrected chi connectivity index (χ2v) is 6.50. The Labute approximate surface area is 135 Å². The minimum atomic E-state index is -0.543. The van der Waals surface area contributed by atoms with Gasteiger partial charge in [0, 0.05) is 11.4 Å². The Morgan fingerprint density at radius 2 is 1.90 bits per heavy atom. The Morgan fingerprint density at radius 1 is 1.24 bits per heavy atom. The third kappa shape index (κ3) is 5.98. The van der Waals surface area contributed by atoms with Crippen LogP contribution in [0.25, 0.3) is 0 Å². The first-order chi connectivity index (χ1) is 9.95. The maximum absolute atomic E-state index is 12.1. The Bertz CT molecular complexity index is 496. The molecule has 0 saturated heterocycles. The fraction of sp³-hybridized carbons (Fsp3) is 0.467. The van der Waals surface area contributed by atoms with E-state index in [0.717, 1.165) is 11.3 Å². The zero-order valence-electron chi connectivity index (χ0n) is 12.5. The summed E-state index contributed by atoms with van der Waals surface area (Å²) >= 11 is 7.44. The quantitative estimate of drug-likeness (QED) is 0.757. The zero-order chi connectivity index (χ0) is 15.8. The summed E-state index contributed by atoms with van der Waals surface area (Å²) in [5.74, 6) is -0.348. The standard InChI is InChI=1S/C15H21ClN2O2S/c1-4-9-17-14(19)10(2)18-15(20)11(3)21-13-8-6-5-7-12(13)16/h5-8,10-11H,4,9H2,1-3H3,(H,17,19)(H,18,20)/t10-,11+/m1/s1. The lowest BCUT2D eigenvalue weighted by atomic mass is 10.3. The van der Waals surface area contributed by atoms with E-state index in [4.69, 9.17) is 11.6 Å². The van der Waals surface area contributed by atoms with Crippen LogP contribution in [0.5, 0.6) is 0 Å². The van der Waals surface area contributed by atoms with Gasteiger partial charge >= 0.3 is 0 Å². The van der Waals surface area contributed by atoms with Gasteiger partial charge in [0.15, 0.2) is 0 Å². The molecule has 1 aromatic carbocycles. The van der Waals surface area contributed by atoms with Gasteiger partial charge in [-0.15, -0.1) is 11.8 Å². The molecule has 0 saturated carbocycles. The van der Waals surface area contributed by atoms with Crippen LogP contribution in [-0.2, 0) is 9.59 Å². The SMILES string of the molecule is CCCNC(=O)[C@@H](C)NC(=O)[C@H](C)Sc1ccccc1Cl. The van der Waals surface area contributed by atoms with Crippen molar-refractivity contribution >= 4 is 35.2 Å². The average Bonchev–Trinajstić information content (AvgIpc) is 2.46. The molecule has 0 unspecified atom stereocenters. The highest BCUT2D eigenvalue weighted by molar-refractivity contribution is 8.00. The van der Waals surface area contributed by atoms with Gasteiger partial charge in [0.2, 0.25) is 11.8 Å². The number of benzene rings is 1. The van der Waals surface area contributed by atoms with Gasteiger partial charge in [-0.25, -0.2) is 0 Å². The first-order valence-electron chi connectivity index (χ1n) is 6.95. The molecule has 0 aromatic heterocycles. The second kappa shape index (κ2) is 8.95. The fourth-order valence-electron chi connectivity index (χ4n) is 1.58. The maximum atomic E-state index is 12.1. The molecule has 116 valence electrons. The van der Waals surface area contributed by atoms with Crippen molar-refractivity contribution in [2.75, 3.05) is 6.54 Å². The lowest BCUT2D eigenvalue weighted by Gasteiger charge is -2.17. The molecule has 21 heavy (non-hydrogen) atoms. The highest BCUT2D eigenvalue weighted by Gasteiger charge is 2.20. The Hall–Kier alpha value is -1.20. The van der Waals surface area contributed by atoms with Crippen molar-refractivity contribution in [3.05, 3.63) is 29.3 Å². The third-order valence-corrected chi connectivity index (χ3v) is 4.43. The summed E-state index contributed by atoms with van der Waals surface area (Å²) in [4.78, 5) is 24.7. The maximum Gasteiger partial charge on any atom is 0.242 e. The van der Waals surface area contributed by atoms with Gasteiger partial charge in [0.25, 0.3) is 0 Å². The van der Waals surface area contributed by atoms with Crippen molar-refractivity contribution in [1.29, 1.82) is 0 Å². The van der Waals surface area contributed by atoms with E-state index >= 15 is 0 Å². The topological polar surface area (TPSA) is 58.2 Å². The number of amides is 2. The summed E-state index contributed by atoms with van der Waals surface area (Å²) < 4.78 is 0. The molecule has 0 aliphatic heterocycles. The van der Waals surface area contributed by atoms with Crippen LogP contribution in [0.2, 0.25) is 5.02 Å². The van der Waals surface area contributed by atoms with E-state index in [1.54, 1.807) is 19.9 Å². The number of carbonyl (C=O) groups excluding carboxylic acids is 2. The molecule has 1 rings (SSSR count). The van der Waals surface area contributed by atoms with Gasteiger partial charge in [-0.05, 0) is 32.4 Å². The minimum Gasteiger partial charge on any atom is -0.354 e. The van der Waals surface area contributed by atoms with E-state index in [1.165, 1.54) is 11.8 Å². The molecule has 2 atom stereocenters. The van der Waals surface area contributed by atoms with Crippen molar-refractivity contribution in [2.45, 2.75) is 43.4 Å². The predicted molar refractivity (Wildman–Crippen MR) is 87.7 cm³/mol. The van der Waals surface area contributed by atoms with E-state index in [1.807, 2.05) is 25.1 Å². The highest BCUT2D eigenvalue weighted by Crippen LogP contribution is 2.29. The smallest absolute Gasteiger partial charge is 0.242 e. The van der Waals surface area contributed by atoms with Crippen molar-refractivity contribution < 1.29 is 9.59 Å². The van der Waals surface area contributed by atoms with Gasteiger partial charge in [0.1, 0.15) is 6.04 Å². The van der Waals surface area contributed by atoms with Crippen molar-refractivity contribution in [3.63, 3.8) is 0 Å². The van der Waals surface area contributed by atoms with Crippen LogP contribution in [0.1, 0.15) is 27.2 Å². The molecule has 0 aliphatic carbocycles. The highest BCUT2D eigenvalue weighted by atomic mass is 35.5. The first kappa shape index (κ1) is 17.9. The van der Waals surface area contributed by atoms with Crippen molar-refractivity contribution in [2.24, 2.45) is 0 Å². The molecular formula is C15H21ClN2O2S. The van der Waals surface area contributed by atoms with Gasteiger partial charge in [-0.3, -0.25) is 9.59 Å². The zero-order valence-corrected chi connectivity index (χ0v) is 14.1. The largest absolute Gasteiger partial charge is 0.354 e. The van der Waals surface area contributed by atoms with Crippen LogP contribution in [0.15, 0.2) is 29.2 Å². The summed E-state index contributed by atoms with van der Waals surface area (Å²) in [6.07, 6.45) is 0.866. The van der Waals surface area contributed by atoms with E-state index in [2.05, 4.69) is 10.6 Å². The molecular weight excluding hydrogens is 308 g/mol. The summed E-state index contributed by atoms with van der Waals surface area (Å²) in [6.45, 7) is 6.06. The van der Waals surface area contributed by atoms with Gasteiger partial charge in [-0.1, -0.05) is 30.7 Å². The molecule has 0 bridgehead atoms. The monoisotopic (exact) mass is 328 g/mol. The van der Waals surface area contributed by atoms with Gasteiger partial charge in [-0.2, -0.15) is 0 Å². The van der Waals surface area contributed by atoms with E-state index in [0.29, 0.717) is 11.6 Å². The van der Waals surface area contributed by atoms with E-state index < -0.39 is 6.04 Å². The molecule has 0 spiro atoms. The summed E-state index contributed by atoms with van der Waals surface area (Å²) in [7, 11) is 0. The average molecular weight is 329 g/mol. The Kier molecular flexibility index (Phi) is 7.61. The molecule has 0 fully saturated rings. The first-order valence-corrected chi connectivity index (χ1v) is 8.20. The van der Waals surface area contributed by atoms with Crippen LogP contribution in [0.4, 0.5) is 0 Å². The fourth-order valence-corrected chi connectivity index (χ4v) is 2.74. The molecule has 0 heterocycles. The molecule has 4 nitrogen and oxygen atoms in total. The summed E-state index contributed by atoms with van der Waals surface area (Å²) in [5, 5.41) is 5.76. The van der Waals surface area contributed by atoms with Gasteiger partial charge in [0.05, 0.1) is 10.3 Å². The molecule has 2 amide bonds. The second-order valence-electron chi connectivity index (χ2n) is 4.71. The van der Waals surface area contributed by atoms with Crippen molar-refractivity contribution in [3.8, 4) is 0 Å². The number of rotatable bonds is 7. The molecule has 2 N–H and O–H groups in total. The van der Waals surface area contributed by atoms with E-state index in [-0.39, 0.29) is 17.1 Å². The molecule has 0 radical (unpaired) electrons. The lowest BCUT2D eigenvalue weighted by Crippen LogP contribution is -2.47. The molecule has 6 heteroatoms. The Morgan fingerprint density at radius 3 is 2.52 bits per heavy atom. The van der Waals surface area contributed by atoms with Crippen LogP contribution >= 0.6 is 23.4 Å². The normalized spacial score (nSPS) is 13.3. The number of carbonyl (C=O) groups is 2. The summed E-state index contributed by atoms with van der Waals surface area (Å²) in [5.41, 5.74) is 0. The number of hydrogen-bond donors (Lipinski definition) is 2. The van der Waals surface area contributed by atoms with Crippen LogP contribution in [0.3, 0.4) is 0 Å². The predicted octanol–water partition coefficient (Wildman–Crippen LogP) is 2.85. The van der Waals surface area contributed by atoms with Crippen molar-refractivity contribution in [1.82, 2.24) is 10.6 Å². The number of halogens is 1. The Balaban J connectivity index is 2.51. The van der Waals surface area contributed by atoms with Crippen LogP contribution < -0.4 is 10.6 Å². The lowest BCUT2D eigenvalue weighted by molar-refractivity contribution is -0.128. The van der Waals surface area contributed by atoms with Crippen LogP contribution in [-0.4, -0.2) is 29.7 Å². The molecule has 0 aliphatic rings. The van der Waals surface area contributed by atoms with Crippen LogP contribution in [0, 0.1) is 0 Å². The third-order valence-electron chi connectivity index (χ3n) is 2.81. The summed E-state index contributed by atoms with van der Waals surface area (Å²) in [6, 6.07) is 6.83. The van der Waals surface area contributed by atoms with Gasteiger partial charge < -0.3 is 10.6 Å². The number of hydrogen-bond acceptors (Lipinski definition) is 3. The minimum absolute atomic E-state index is 0.167. The number of nitrogens with one attached hydrogen (secondary N) is 2. The van der Waals surface area contributed by atoms with E-state index in [9.17, 15) is 9.59 Å². The number of thioether (sulfide) groups is 1. The molecule has 1 aromatic rings.